The van der Waals surface area contributed by atoms with E-state index in [2.05, 4.69) is 11.9 Å². The highest BCUT2D eigenvalue weighted by Crippen LogP contribution is 2.07. The molecule has 0 aliphatic heterocycles. The number of imidazole rings is 1. The summed E-state index contributed by atoms with van der Waals surface area (Å²) in [5, 5.41) is 0. The quantitative estimate of drug-likeness (QED) is 0.703. The van der Waals surface area contributed by atoms with E-state index in [0.29, 0.717) is 11.2 Å². The number of aromatic nitrogens is 4. The largest absolute Gasteiger partial charge is 0.336 e. The van der Waals surface area contributed by atoms with E-state index in [-0.39, 0.29) is 11.2 Å². The number of hydrogen-bond acceptors (Lipinski definition) is 3. The van der Waals surface area contributed by atoms with Crippen LogP contribution in [0.2, 0.25) is 0 Å². The molecule has 0 aliphatic rings. The van der Waals surface area contributed by atoms with E-state index in [9.17, 15) is 9.59 Å². The molecule has 126 valence electrons. The van der Waals surface area contributed by atoms with Crippen LogP contribution in [0.4, 0.5) is 0 Å². The van der Waals surface area contributed by atoms with Crippen molar-refractivity contribution < 1.29 is 0 Å². The van der Waals surface area contributed by atoms with Gasteiger partial charge in [-0.05, 0) is 12.8 Å². The Morgan fingerprint density at radius 3 is 2.52 bits per heavy atom. The first-order chi connectivity index (χ1) is 11.1. The number of rotatable bonds is 8. The molecule has 2 rings (SSSR count). The molecule has 6 nitrogen and oxygen atoms in total. The Kier molecular flexibility index (Phi) is 5.96. The van der Waals surface area contributed by atoms with Gasteiger partial charge in [0.05, 0.1) is 6.33 Å². The van der Waals surface area contributed by atoms with E-state index in [4.69, 9.17) is 0 Å². The van der Waals surface area contributed by atoms with Gasteiger partial charge < -0.3 is 4.57 Å². The van der Waals surface area contributed by atoms with Gasteiger partial charge in [0.15, 0.2) is 11.2 Å². The summed E-state index contributed by atoms with van der Waals surface area (Å²) < 4.78 is 4.22. The summed E-state index contributed by atoms with van der Waals surface area (Å²) in [6, 6.07) is 0. The normalized spacial score (nSPS) is 11.8. The summed E-state index contributed by atoms with van der Waals surface area (Å²) in [7, 11) is 3.39. The van der Waals surface area contributed by atoms with E-state index in [0.717, 1.165) is 12.8 Å². The maximum atomic E-state index is 12.5. The van der Waals surface area contributed by atoms with E-state index in [1.165, 1.54) is 41.2 Å². The lowest BCUT2D eigenvalue weighted by Gasteiger charge is -2.04. The zero-order valence-corrected chi connectivity index (χ0v) is 14.3. The summed E-state index contributed by atoms with van der Waals surface area (Å²) in [5.41, 5.74) is 0.182. The number of aryl methyl sites for hydroxylation is 2. The highest BCUT2D eigenvalue weighted by molar-refractivity contribution is 5.70. The first-order valence-electron chi connectivity index (χ1n) is 8.37. The van der Waals surface area contributed by atoms with Gasteiger partial charge in [0.25, 0.3) is 5.56 Å². The van der Waals surface area contributed by atoms with Gasteiger partial charge >= 0.3 is 5.69 Å². The summed E-state index contributed by atoms with van der Waals surface area (Å²) in [6.07, 6.45) is 13.3. The highest BCUT2D eigenvalue weighted by atomic mass is 16.2. The average Bonchev–Trinajstić information content (AvgIpc) is 2.92. The van der Waals surface area contributed by atoms with E-state index < -0.39 is 0 Å². The number of fused-ring (bicyclic) bond motifs is 1. The molecular formula is C17H26N4O2. The first-order valence-corrected chi connectivity index (χ1v) is 8.37. The van der Waals surface area contributed by atoms with Crippen molar-refractivity contribution in [2.24, 2.45) is 14.1 Å². The van der Waals surface area contributed by atoms with Gasteiger partial charge in [0.2, 0.25) is 0 Å². The Labute approximate surface area is 136 Å². The zero-order chi connectivity index (χ0) is 16.8. The zero-order valence-electron chi connectivity index (χ0n) is 14.3. The fraction of sp³-hybridized carbons (Fsp3) is 0.588. The maximum absolute atomic E-state index is 12.5. The van der Waals surface area contributed by atoms with Crippen LogP contribution in [-0.2, 0) is 14.1 Å². The molecule has 0 atom stereocenters. The van der Waals surface area contributed by atoms with Gasteiger partial charge in [0.1, 0.15) is 0 Å². The third-order valence-corrected chi connectivity index (χ3v) is 4.13. The van der Waals surface area contributed by atoms with Gasteiger partial charge in [-0.1, -0.05) is 45.1 Å². The molecule has 2 aromatic rings. The van der Waals surface area contributed by atoms with Gasteiger partial charge in [-0.3, -0.25) is 9.36 Å². The second-order valence-electron chi connectivity index (χ2n) is 5.99. The monoisotopic (exact) mass is 318 g/mol. The second kappa shape index (κ2) is 7.94. The molecule has 0 saturated carbocycles. The lowest BCUT2D eigenvalue weighted by atomic mass is 10.1. The van der Waals surface area contributed by atoms with Crippen LogP contribution in [-0.4, -0.2) is 18.7 Å². The summed E-state index contributed by atoms with van der Waals surface area (Å²) >= 11 is 0. The van der Waals surface area contributed by atoms with Crippen molar-refractivity contribution in [3.05, 3.63) is 33.2 Å². The molecule has 0 amide bonds. The molecule has 0 radical (unpaired) electrons. The predicted octanol–water partition coefficient (Wildman–Crippen LogP) is 2.66. The van der Waals surface area contributed by atoms with Crippen LogP contribution in [0.3, 0.4) is 0 Å². The molecule has 0 saturated heterocycles. The third kappa shape index (κ3) is 3.81. The number of nitrogens with zero attached hydrogens (tertiary/aromatic N) is 4. The van der Waals surface area contributed by atoms with Crippen LogP contribution in [0.5, 0.6) is 0 Å². The SMILES string of the molecule is CCCCCCCC/C=C/n1c(=O)c2c(ncn2C)n(C)c1=O. The predicted molar refractivity (Wildman–Crippen MR) is 93.5 cm³/mol. The van der Waals surface area contributed by atoms with Gasteiger partial charge in [-0.25, -0.2) is 14.3 Å². The average molecular weight is 318 g/mol. The fourth-order valence-electron chi connectivity index (χ4n) is 2.72. The Bertz CT molecular complexity index is 795. The maximum Gasteiger partial charge on any atom is 0.336 e. The van der Waals surface area contributed by atoms with Crippen molar-refractivity contribution in [3.63, 3.8) is 0 Å². The van der Waals surface area contributed by atoms with Crippen molar-refractivity contribution in [2.45, 2.75) is 51.9 Å². The van der Waals surface area contributed by atoms with Gasteiger partial charge in [-0.15, -0.1) is 0 Å². The van der Waals surface area contributed by atoms with Crippen LogP contribution in [0.15, 0.2) is 22.0 Å². The minimum atomic E-state index is -0.361. The van der Waals surface area contributed by atoms with Gasteiger partial charge in [-0.2, -0.15) is 0 Å². The van der Waals surface area contributed by atoms with E-state index in [1.54, 1.807) is 31.2 Å². The third-order valence-electron chi connectivity index (χ3n) is 4.13. The van der Waals surface area contributed by atoms with Crippen LogP contribution < -0.4 is 11.2 Å². The van der Waals surface area contributed by atoms with Crippen molar-refractivity contribution in [2.75, 3.05) is 0 Å². The van der Waals surface area contributed by atoms with Crippen LogP contribution >= 0.6 is 0 Å². The summed E-state index contributed by atoms with van der Waals surface area (Å²) in [6.45, 7) is 2.21. The van der Waals surface area contributed by atoms with Crippen molar-refractivity contribution in [1.82, 2.24) is 18.7 Å². The molecule has 0 aromatic carbocycles. The van der Waals surface area contributed by atoms with Crippen LogP contribution in [0.1, 0.15) is 51.9 Å². The molecule has 0 spiro atoms. The van der Waals surface area contributed by atoms with Crippen LogP contribution in [0, 0.1) is 0 Å². The van der Waals surface area contributed by atoms with E-state index in [1.807, 2.05) is 6.08 Å². The van der Waals surface area contributed by atoms with E-state index >= 15 is 0 Å². The Morgan fingerprint density at radius 1 is 1.09 bits per heavy atom. The molecular weight excluding hydrogens is 292 g/mol. The minimum Gasteiger partial charge on any atom is -0.328 e. The minimum absolute atomic E-state index is 0.317. The molecule has 0 bridgehead atoms. The molecule has 6 heteroatoms. The van der Waals surface area contributed by atoms with Crippen molar-refractivity contribution >= 4 is 17.4 Å². The standard InChI is InChI=1S/C17H26N4O2/c1-4-5-6-7-8-9-10-11-12-21-16(22)14-15(18-13-19(14)2)20(3)17(21)23/h11-13H,4-10H2,1-3H3/b12-11+. The van der Waals surface area contributed by atoms with Crippen molar-refractivity contribution in [3.8, 4) is 0 Å². The lowest BCUT2D eigenvalue weighted by molar-refractivity contribution is 0.611. The Hall–Kier alpha value is -2.11. The molecule has 2 aromatic heterocycles. The summed E-state index contributed by atoms with van der Waals surface area (Å²) in [5.74, 6) is 0. The molecule has 23 heavy (non-hydrogen) atoms. The summed E-state index contributed by atoms with van der Waals surface area (Å²) in [4.78, 5) is 28.8. The second-order valence-corrected chi connectivity index (χ2v) is 5.99. The molecule has 0 aliphatic carbocycles. The molecule has 0 N–H and O–H groups in total. The highest BCUT2D eigenvalue weighted by Gasteiger charge is 2.12. The number of allylic oxidation sites excluding steroid dienone is 1. The number of unbranched alkanes of at least 4 members (excludes halogenated alkanes) is 6. The lowest BCUT2D eigenvalue weighted by Crippen LogP contribution is -2.36. The number of hydrogen-bond donors (Lipinski definition) is 0. The van der Waals surface area contributed by atoms with Crippen molar-refractivity contribution in [1.29, 1.82) is 0 Å². The fourth-order valence-corrected chi connectivity index (χ4v) is 2.72. The first kappa shape index (κ1) is 17.2. The van der Waals surface area contributed by atoms with Gasteiger partial charge in [0, 0.05) is 20.3 Å². The molecule has 0 fully saturated rings. The molecule has 2 heterocycles. The molecule has 0 unspecified atom stereocenters. The topological polar surface area (TPSA) is 61.8 Å². The Balaban J connectivity index is 2.08. The Morgan fingerprint density at radius 2 is 1.78 bits per heavy atom. The van der Waals surface area contributed by atoms with Crippen LogP contribution in [0.25, 0.3) is 17.4 Å². The smallest absolute Gasteiger partial charge is 0.328 e.